The molecule has 0 bridgehead atoms. The van der Waals surface area contributed by atoms with E-state index >= 15 is 0 Å². The van der Waals surface area contributed by atoms with Gasteiger partial charge < -0.3 is 4.90 Å². The lowest BCUT2D eigenvalue weighted by atomic mass is 9.94. The summed E-state index contributed by atoms with van der Waals surface area (Å²) < 4.78 is 0.754. The molecule has 0 aliphatic heterocycles. The lowest BCUT2D eigenvalue weighted by Crippen LogP contribution is -2.35. The van der Waals surface area contributed by atoms with Crippen molar-refractivity contribution in [3.63, 3.8) is 0 Å². The summed E-state index contributed by atoms with van der Waals surface area (Å²) in [7, 11) is 1.85. The van der Waals surface area contributed by atoms with Crippen LogP contribution in [0.2, 0.25) is 9.36 Å². The third-order valence-electron chi connectivity index (χ3n) is 3.92. The van der Waals surface area contributed by atoms with Crippen LogP contribution in [0.15, 0.2) is 36.4 Å². The highest BCUT2D eigenvalue weighted by Crippen LogP contribution is 2.49. The van der Waals surface area contributed by atoms with Crippen molar-refractivity contribution in [1.29, 1.82) is 0 Å². The van der Waals surface area contributed by atoms with E-state index in [4.69, 9.17) is 23.2 Å². The SMILES string of the molecule is CN(Cc1ccc(Cl)s1)C(=O)C1(c2ccc(Cl)cc2)CC1. The molecule has 0 N–H and O–H groups in total. The third kappa shape index (κ3) is 2.96. The van der Waals surface area contributed by atoms with Crippen molar-refractivity contribution < 1.29 is 4.79 Å². The van der Waals surface area contributed by atoms with Gasteiger partial charge in [-0.25, -0.2) is 0 Å². The number of benzene rings is 1. The number of hydrogen-bond donors (Lipinski definition) is 0. The van der Waals surface area contributed by atoms with Gasteiger partial charge in [-0.2, -0.15) is 0 Å². The first-order valence-electron chi connectivity index (χ1n) is 6.77. The summed E-state index contributed by atoms with van der Waals surface area (Å²) >= 11 is 13.4. The molecule has 5 heteroatoms. The maximum atomic E-state index is 12.8. The second-order valence-corrected chi connectivity index (χ2v) is 7.69. The zero-order chi connectivity index (χ0) is 15.0. The molecule has 0 unspecified atom stereocenters. The molecule has 21 heavy (non-hydrogen) atoms. The van der Waals surface area contributed by atoms with Crippen molar-refractivity contribution in [3.8, 4) is 0 Å². The van der Waals surface area contributed by atoms with Crippen LogP contribution in [0.4, 0.5) is 0 Å². The highest BCUT2D eigenvalue weighted by molar-refractivity contribution is 7.16. The van der Waals surface area contributed by atoms with E-state index in [1.165, 1.54) is 11.3 Å². The Bertz CT molecular complexity index is 661. The average Bonchev–Trinajstić information content (AvgIpc) is 3.17. The Labute approximate surface area is 138 Å². The number of thiophene rings is 1. The summed E-state index contributed by atoms with van der Waals surface area (Å²) in [4.78, 5) is 15.7. The van der Waals surface area contributed by atoms with Crippen LogP contribution in [-0.2, 0) is 16.8 Å². The average molecular weight is 340 g/mol. The summed E-state index contributed by atoms with van der Waals surface area (Å²) in [5, 5.41) is 0.698. The molecule has 1 saturated carbocycles. The number of carbonyl (C=O) groups is 1. The first kappa shape index (κ1) is 14.9. The number of amides is 1. The van der Waals surface area contributed by atoms with Gasteiger partial charge in [0.05, 0.1) is 16.3 Å². The minimum Gasteiger partial charge on any atom is -0.340 e. The highest BCUT2D eigenvalue weighted by Gasteiger charge is 2.52. The molecule has 1 aromatic carbocycles. The van der Waals surface area contributed by atoms with E-state index in [0.717, 1.165) is 27.6 Å². The molecule has 2 nitrogen and oxygen atoms in total. The number of nitrogens with zero attached hydrogens (tertiary/aromatic N) is 1. The molecule has 1 heterocycles. The monoisotopic (exact) mass is 339 g/mol. The Balaban J connectivity index is 1.76. The van der Waals surface area contributed by atoms with Gasteiger partial charge in [-0.3, -0.25) is 4.79 Å². The van der Waals surface area contributed by atoms with Crippen LogP contribution in [0, 0.1) is 0 Å². The van der Waals surface area contributed by atoms with Gasteiger partial charge >= 0.3 is 0 Å². The molecule has 2 aromatic rings. The van der Waals surface area contributed by atoms with E-state index in [0.29, 0.717) is 11.6 Å². The molecular weight excluding hydrogens is 325 g/mol. The molecule has 0 saturated heterocycles. The maximum absolute atomic E-state index is 12.8. The third-order valence-corrected chi connectivity index (χ3v) is 5.39. The lowest BCUT2D eigenvalue weighted by Gasteiger charge is -2.23. The Morgan fingerprint density at radius 1 is 1.19 bits per heavy atom. The van der Waals surface area contributed by atoms with Gasteiger partial charge in [0.1, 0.15) is 0 Å². The summed E-state index contributed by atoms with van der Waals surface area (Å²) in [5.41, 5.74) is 0.716. The Hall–Kier alpha value is -1.03. The number of likely N-dealkylation sites (N-methyl/N-ethyl adjacent to an activating group) is 1. The van der Waals surface area contributed by atoms with Crippen molar-refractivity contribution in [2.45, 2.75) is 24.8 Å². The molecule has 1 aliphatic rings. The van der Waals surface area contributed by atoms with Crippen molar-refractivity contribution in [1.82, 2.24) is 4.90 Å². The largest absolute Gasteiger partial charge is 0.340 e. The minimum atomic E-state index is -0.347. The molecule has 1 amide bonds. The van der Waals surface area contributed by atoms with E-state index < -0.39 is 0 Å². The smallest absolute Gasteiger partial charge is 0.233 e. The summed E-state index contributed by atoms with van der Waals surface area (Å²) in [6.07, 6.45) is 1.81. The topological polar surface area (TPSA) is 20.3 Å². The molecule has 0 radical (unpaired) electrons. The summed E-state index contributed by atoms with van der Waals surface area (Å²) in [5.74, 6) is 0.175. The van der Waals surface area contributed by atoms with E-state index in [9.17, 15) is 4.79 Å². The quantitative estimate of drug-likeness (QED) is 0.787. The lowest BCUT2D eigenvalue weighted by molar-refractivity contribution is -0.133. The number of hydrogen-bond acceptors (Lipinski definition) is 2. The molecule has 3 rings (SSSR count). The van der Waals surface area contributed by atoms with Crippen molar-refractivity contribution in [3.05, 3.63) is 56.2 Å². The van der Waals surface area contributed by atoms with Crippen LogP contribution < -0.4 is 0 Å². The molecule has 1 aromatic heterocycles. The van der Waals surface area contributed by atoms with E-state index in [1.54, 1.807) is 4.90 Å². The van der Waals surface area contributed by atoms with E-state index in [-0.39, 0.29) is 11.3 Å². The molecular formula is C16H15Cl2NOS. The second kappa shape index (κ2) is 5.64. The number of rotatable bonds is 4. The van der Waals surface area contributed by atoms with Gasteiger partial charge in [0.25, 0.3) is 0 Å². The minimum absolute atomic E-state index is 0.175. The number of carbonyl (C=O) groups excluding carboxylic acids is 1. The van der Waals surface area contributed by atoms with Crippen LogP contribution in [0.25, 0.3) is 0 Å². The standard InChI is InChI=1S/C16H15Cl2NOS/c1-19(10-13-6-7-14(18)21-13)15(20)16(8-9-16)11-2-4-12(17)5-3-11/h2-7H,8-10H2,1H3. The first-order chi connectivity index (χ1) is 10.0. The van der Waals surface area contributed by atoms with Crippen LogP contribution in [-0.4, -0.2) is 17.9 Å². The molecule has 110 valence electrons. The van der Waals surface area contributed by atoms with Gasteiger partial charge in [-0.15, -0.1) is 11.3 Å². The number of halogens is 2. The normalized spacial score (nSPS) is 15.8. The van der Waals surface area contributed by atoms with Crippen molar-refractivity contribution >= 4 is 40.4 Å². The molecule has 1 aliphatic carbocycles. The van der Waals surface area contributed by atoms with Gasteiger partial charge in [0.2, 0.25) is 5.91 Å². The highest BCUT2D eigenvalue weighted by atomic mass is 35.5. The fraction of sp³-hybridized carbons (Fsp3) is 0.312. The van der Waals surface area contributed by atoms with Crippen molar-refractivity contribution in [2.24, 2.45) is 0 Å². The predicted molar refractivity (Wildman–Crippen MR) is 88.2 cm³/mol. The maximum Gasteiger partial charge on any atom is 0.233 e. The summed E-state index contributed by atoms with van der Waals surface area (Å²) in [6.45, 7) is 0.603. The first-order valence-corrected chi connectivity index (χ1v) is 8.34. The van der Waals surface area contributed by atoms with Crippen molar-refractivity contribution in [2.75, 3.05) is 7.05 Å². The van der Waals surface area contributed by atoms with Crippen LogP contribution >= 0.6 is 34.5 Å². The van der Waals surface area contributed by atoms with Crippen LogP contribution in [0.1, 0.15) is 23.3 Å². The van der Waals surface area contributed by atoms with Crippen LogP contribution in [0.3, 0.4) is 0 Å². The summed E-state index contributed by atoms with van der Waals surface area (Å²) in [6, 6.07) is 11.5. The molecule has 0 atom stereocenters. The van der Waals surface area contributed by atoms with Gasteiger partial charge in [-0.05, 0) is 42.7 Å². The molecule has 1 fully saturated rings. The van der Waals surface area contributed by atoms with E-state index in [1.807, 2.05) is 43.4 Å². The zero-order valence-electron chi connectivity index (χ0n) is 11.6. The van der Waals surface area contributed by atoms with Gasteiger partial charge in [-0.1, -0.05) is 35.3 Å². The fourth-order valence-corrected chi connectivity index (χ4v) is 3.89. The zero-order valence-corrected chi connectivity index (χ0v) is 13.9. The van der Waals surface area contributed by atoms with Crippen LogP contribution in [0.5, 0.6) is 0 Å². The molecule has 0 spiro atoms. The van der Waals surface area contributed by atoms with E-state index in [2.05, 4.69) is 0 Å². The second-order valence-electron chi connectivity index (χ2n) is 5.46. The Kier molecular flexibility index (Phi) is 4.00. The Morgan fingerprint density at radius 3 is 2.38 bits per heavy atom. The van der Waals surface area contributed by atoms with Gasteiger partial charge in [0, 0.05) is 16.9 Å². The fourth-order valence-electron chi connectivity index (χ4n) is 2.63. The Morgan fingerprint density at radius 2 is 1.86 bits per heavy atom. The van der Waals surface area contributed by atoms with Gasteiger partial charge in [0.15, 0.2) is 0 Å². The predicted octanol–water partition coefficient (Wildman–Crippen LogP) is 4.75.